The lowest BCUT2D eigenvalue weighted by molar-refractivity contribution is -0.117. The molecule has 0 aliphatic carbocycles. The molecule has 1 amide bonds. The van der Waals surface area contributed by atoms with E-state index in [1.54, 1.807) is 0 Å². The van der Waals surface area contributed by atoms with Gasteiger partial charge in [0.1, 0.15) is 5.82 Å². The van der Waals surface area contributed by atoms with Crippen molar-refractivity contribution in [1.82, 2.24) is 14.9 Å². The lowest BCUT2D eigenvalue weighted by Crippen LogP contribution is -2.27. The number of hydrogen-bond donors (Lipinski definition) is 1. The molecule has 1 atom stereocenters. The summed E-state index contributed by atoms with van der Waals surface area (Å²) in [5.74, 6) is 0.733. The van der Waals surface area contributed by atoms with Gasteiger partial charge < -0.3 is 9.88 Å². The Hall–Kier alpha value is -2.10. The molecule has 1 aromatic carbocycles. The summed E-state index contributed by atoms with van der Waals surface area (Å²) in [5.41, 5.74) is 2.10. The van der Waals surface area contributed by atoms with Gasteiger partial charge in [0.05, 0.1) is 17.1 Å². The number of rotatable bonds is 7. The van der Waals surface area contributed by atoms with Gasteiger partial charge in [-0.05, 0) is 31.6 Å². The molecule has 21 heavy (non-hydrogen) atoms. The van der Waals surface area contributed by atoms with Gasteiger partial charge in [-0.3, -0.25) is 4.79 Å². The van der Waals surface area contributed by atoms with Gasteiger partial charge in [0.25, 0.3) is 0 Å². The number of aromatic nitrogens is 2. The summed E-state index contributed by atoms with van der Waals surface area (Å²) in [6.07, 6.45) is 4.79. The summed E-state index contributed by atoms with van der Waals surface area (Å²) in [6, 6.07) is 7.97. The molecule has 0 aliphatic rings. The summed E-state index contributed by atoms with van der Waals surface area (Å²) in [5, 5.41) is 2.90. The van der Waals surface area contributed by atoms with Gasteiger partial charge >= 0.3 is 0 Å². The number of carbonyl (C=O) groups excluding carboxylic acids is 1. The standard InChI is InChI=1S/C17H23N3O/c1-4-6-9-12-20-15-11-8-7-10-14(15)19-17(20)13(3)18-16(21)5-2/h5,7-8,10-11,13H,2,4,6,9,12H2,1,3H3,(H,18,21). The van der Waals surface area contributed by atoms with Crippen molar-refractivity contribution in [2.24, 2.45) is 0 Å². The third kappa shape index (κ3) is 3.51. The van der Waals surface area contributed by atoms with Crippen molar-refractivity contribution in [3.8, 4) is 0 Å². The van der Waals surface area contributed by atoms with Crippen LogP contribution in [0, 0.1) is 0 Å². The van der Waals surface area contributed by atoms with Gasteiger partial charge in [-0.1, -0.05) is 38.5 Å². The molecule has 1 unspecified atom stereocenters. The minimum atomic E-state index is -0.172. The number of fused-ring (bicyclic) bond motifs is 1. The van der Waals surface area contributed by atoms with Crippen LogP contribution in [0.1, 0.15) is 45.0 Å². The summed E-state index contributed by atoms with van der Waals surface area (Å²) in [6.45, 7) is 8.57. The molecule has 0 fully saturated rings. The highest BCUT2D eigenvalue weighted by molar-refractivity contribution is 5.87. The first-order valence-corrected chi connectivity index (χ1v) is 7.55. The van der Waals surface area contributed by atoms with E-state index in [4.69, 9.17) is 4.98 Å². The molecule has 1 heterocycles. The second-order valence-electron chi connectivity index (χ2n) is 5.25. The zero-order valence-electron chi connectivity index (χ0n) is 12.8. The third-order valence-electron chi connectivity index (χ3n) is 3.60. The van der Waals surface area contributed by atoms with E-state index in [1.165, 1.54) is 18.9 Å². The number of carbonyl (C=O) groups is 1. The van der Waals surface area contributed by atoms with E-state index in [1.807, 2.05) is 25.1 Å². The number of unbranched alkanes of at least 4 members (excludes halogenated alkanes) is 2. The van der Waals surface area contributed by atoms with Crippen LogP contribution in [0.4, 0.5) is 0 Å². The second-order valence-corrected chi connectivity index (χ2v) is 5.25. The second kappa shape index (κ2) is 7.07. The van der Waals surface area contributed by atoms with E-state index in [2.05, 4.69) is 29.5 Å². The maximum absolute atomic E-state index is 11.5. The Bertz CT molecular complexity index is 630. The minimum absolute atomic E-state index is 0.135. The largest absolute Gasteiger partial charge is 0.343 e. The van der Waals surface area contributed by atoms with Crippen LogP contribution in [0.3, 0.4) is 0 Å². The van der Waals surface area contributed by atoms with Crippen molar-refractivity contribution in [3.05, 3.63) is 42.7 Å². The number of amides is 1. The van der Waals surface area contributed by atoms with E-state index in [0.717, 1.165) is 29.8 Å². The quantitative estimate of drug-likeness (QED) is 0.624. The van der Waals surface area contributed by atoms with Gasteiger partial charge in [0, 0.05) is 6.54 Å². The van der Waals surface area contributed by atoms with Crippen LogP contribution in [0.5, 0.6) is 0 Å². The maximum atomic E-state index is 11.5. The molecule has 1 N–H and O–H groups in total. The molecule has 0 aliphatic heterocycles. The van der Waals surface area contributed by atoms with E-state index in [9.17, 15) is 4.79 Å². The van der Waals surface area contributed by atoms with Crippen LogP contribution < -0.4 is 5.32 Å². The van der Waals surface area contributed by atoms with Crippen LogP contribution in [0.25, 0.3) is 11.0 Å². The minimum Gasteiger partial charge on any atom is -0.343 e. The molecular weight excluding hydrogens is 262 g/mol. The fourth-order valence-corrected chi connectivity index (χ4v) is 2.52. The number of imidazole rings is 1. The maximum Gasteiger partial charge on any atom is 0.243 e. The van der Waals surface area contributed by atoms with Crippen molar-refractivity contribution in [2.75, 3.05) is 0 Å². The summed E-state index contributed by atoms with van der Waals surface area (Å²) < 4.78 is 2.22. The van der Waals surface area contributed by atoms with Gasteiger partial charge in [0.15, 0.2) is 0 Å². The van der Waals surface area contributed by atoms with Gasteiger partial charge in [-0.2, -0.15) is 0 Å². The molecule has 4 nitrogen and oxygen atoms in total. The average molecular weight is 285 g/mol. The van der Waals surface area contributed by atoms with Crippen molar-refractivity contribution in [1.29, 1.82) is 0 Å². The fourth-order valence-electron chi connectivity index (χ4n) is 2.52. The van der Waals surface area contributed by atoms with E-state index in [0.29, 0.717) is 0 Å². The summed E-state index contributed by atoms with van der Waals surface area (Å²) in [7, 11) is 0. The Kier molecular flexibility index (Phi) is 5.14. The molecule has 0 radical (unpaired) electrons. The Morgan fingerprint density at radius 2 is 2.19 bits per heavy atom. The smallest absolute Gasteiger partial charge is 0.243 e. The predicted octanol–water partition coefficient (Wildman–Crippen LogP) is 3.59. The fraction of sp³-hybridized carbons (Fsp3) is 0.412. The molecule has 1 aromatic heterocycles. The van der Waals surface area contributed by atoms with Gasteiger partial charge in [-0.15, -0.1) is 0 Å². The Morgan fingerprint density at radius 1 is 1.43 bits per heavy atom. The van der Waals surface area contributed by atoms with Crippen LogP contribution in [0.2, 0.25) is 0 Å². The molecular formula is C17H23N3O. The van der Waals surface area contributed by atoms with Crippen molar-refractivity contribution >= 4 is 16.9 Å². The van der Waals surface area contributed by atoms with Crippen LogP contribution in [-0.4, -0.2) is 15.5 Å². The predicted molar refractivity (Wildman–Crippen MR) is 86.0 cm³/mol. The zero-order chi connectivity index (χ0) is 15.2. The summed E-state index contributed by atoms with van der Waals surface area (Å²) in [4.78, 5) is 16.2. The number of para-hydroxylation sites is 2. The van der Waals surface area contributed by atoms with Crippen molar-refractivity contribution in [2.45, 2.75) is 45.7 Å². The highest BCUT2D eigenvalue weighted by Gasteiger charge is 2.17. The molecule has 2 rings (SSSR count). The topological polar surface area (TPSA) is 46.9 Å². The van der Waals surface area contributed by atoms with Gasteiger partial charge in [0.2, 0.25) is 5.91 Å². The molecule has 0 saturated heterocycles. The van der Waals surface area contributed by atoms with Crippen molar-refractivity contribution < 1.29 is 4.79 Å². The number of hydrogen-bond acceptors (Lipinski definition) is 2. The van der Waals surface area contributed by atoms with E-state index in [-0.39, 0.29) is 11.9 Å². The molecule has 112 valence electrons. The number of aryl methyl sites for hydroxylation is 1. The first-order chi connectivity index (χ1) is 10.2. The van der Waals surface area contributed by atoms with Gasteiger partial charge in [-0.25, -0.2) is 4.98 Å². The first-order valence-electron chi connectivity index (χ1n) is 7.55. The third-order valence-corrected chi connectivity index (χ3v) is 3.60. The Balaban J connectivity index is 2.33. The summed E-state index contributed by atoms with van der Waals surface area (Å²) >= 11 is 0. The highest BCUT2D eigenvalue weighted by Crippen LogP contribution is 2.21. The van der Waals surface area contributed by atoms with Crippen LogP contribution in [0.15, 0.2) is 36.9 Å². The SMILES string of the molecule is C=CC(=O)NC(C)c1nc2ccccc2n1CCCCC. The molecule has 0 saturated carbocycles. The number of benzene rings is 1. The number of nitrogens with one attached hydrogen (secondary N) is 1. The van der Waals surface area contributed by atoms with Crippen LogP contribution in [-0.2, 0) is 11.3 Å². The van der Waals surface area contributed by atoms with E-state index < -0.39 is 0 Å². The van der Waals surface area contributed by atoms with E-state index >= 15 is 0 Å². The highest BCUT2D eigenvalue weighted by atomic mass is 16.1. The first kappa shape index (κ1) is 15.3. The zero-order valence-corrected chi connectivity index (χ0v) is 12.8. The monoisotopic (exact) mass is 285 g/mol. The number of nitrogens with zero attached hydrogens (tertiary/aromatic N) is 2. The molecule has 0 bridgehead atoms. The van der Waals surface area contributed by atoms with Crippen molar-refractivity contribution in [3.63, 3.8) is 0 Å². The molecule has 0 spiro atoms. The Morgan fingerprint density at radius 3 is 2.90 bits per heavy atom. The normalized spacial score (nSPS) is 12.3. The molecule has 2 aromatic rings. The van der Waals surface area contributed by atoms with Crippen LogP contribution >= 0.6 is 0 Å². The lowest BCUT2D eigenvalue weighted by atomic mass is 10.2. The lowest BCUT2D eigenvalue weighted by Gasteiger charge is -2.15. The Labute approximate surface area is 125 Å². The molecule has 4 heteroatoms. The average Bonchev–Trinajstić information content (AvgIpc) is 2.86.